The van der Waals surface area contributed by atoms with Gasteiger partial charge in [-0.3, -0.25) is 0 Å². The van der Waals surface area contributed by atoms with Crippen molar-refractivity contribution in [3.63, 3.8) is 0 Å². The van der Waals surface area contributed by atoms with E-state index >= 15 is 0 Å². The number of benzene rings is 1. The molecule has 0 saturated carbocycles. The molecule has 106 valence electrons. The van der Waals surface area contributed by atoms with Crippen molar-refractivity contribution in [2.45, 2.75) is 17.4 Å². The Balaban J connectivity index is 2.97. The Hall–Kier alpha value is -1.03. The van der Waals surface area contributed by atoms with Crippen LogP contribution < -0.4 is 4.72 Å². The van der Waals surface area contributed by atoms with Crippen LogP contribution in [-0.4, -0.2) is 36.7 Å². The predicted molar refractivity (Wildman–Crippen MR) is 67.5 cm³/mol. The Bertz CT molecular complexity index is 602. The summed E-state index contributed by atoms with van der Waals surface area (Å²) in [6.45, 7) is 0.149. The Kier molecular flexibility index (Phi) is 4.67. The minimum atomic E-state index is -4.24. The van der Waals surface area contributed by atoms with Gasteiger partial charge in [-0.2, -0.15) is 0 Å². The molecule has 0 fully saturated rings. The topological polar surface area (TPSA) is 104 Å². The zero-order valence-electron chi connectivity index (χ0n) is 9.72. The number of halogens is 2. The highest BCUT2D eigenvalue weighted by atomic mass is 79.9. The quantitative estimate of drug-likeness (QED) is 0.721. The normalized spacial score (nSPS) is 14.9. The van der Waals surface area contributed by atoms with E-state index in [1.54, 1.807) is 0 Å². The third kappa shape index (κ3) is 3.96. The van der Waals surface area contributed by atoms with Crippen molar-refractivity contribution in [1.82, 2.24) is 4.72 Å². The van der Waals surface area contributed by atoms with Crippen molar-refractivity contribution in [3.05, 3.63) is 28.5 Å². The highest BCUT2D eigenvalue weighted by Crippen LogP contribution is 2.19. The van der Waals surface area contributed by atoms with Gasteiger partial charge in [0.25, 0.3) is 0 Å². The molecule has 0 aliphatic carbocycles. The Morgan fingerprint density at radius 1 is 1.53 bits per heavy atom. The van der Waals surface area contributed by atoms with Gasteiger partial charge < -0.3 is 10.2 Å². The molecule has 3 N–H and O–H groups in total. The van der Waals surface area contributed by atoms with E-state index in [1.807, 2.05) is 4.72 Å². The molecule has 0 bridgehead atoms. The maximum absolute atomic E-state index is 13.5. The van der Waals surface area contributed by atoms with Gasteiger partial charge in [0.05, 0.1) is 6.54 Å². The van der Waals surface area contributed by atoms with Gasteiger partial charge in [-0.25, -0.2) is 22.3 Å². The molecule has 0 aliphatic rings. The smallest absolute Gasteiger partial charge is 0.336 e. The Morgan fingerprint density at radius 2 is 2.11 bits per heavy atom. The fraction of sp³-hybridized carbons (Fsp3) is 0.300. The van der Waals surface area contributed by atoms with E-state index in [2.05, 4.69) is 15.9 Å². The molecule has 19 heavy (non-hydrogen) atoms. The molecule has 0 aliphatic heterocycles. The van der Waals surface area contributed by atoms with Crippen molar-refractivity contribution in [1.29, 1.82) is 0 Å². The maximum Gasteiger partial charge on any atom is 0.336 e. The molecule has 0 radical (unpaired) electrons. The van der Waals surface area contributed by atoms with Gasteiger partial charge in [-0.15, -0.1) is 0 Å². The number of carbonyl (C=O) groups is 1. The van der Waals surface area contributed by atoms with Gasteiger partial charge in [0, 0.05) is 4.47 Å². The Labute approximate surface area is 117 Å². The number of aliphatic hydroxyl groups is 1. The lowest BCUT2D eigenvalue weighted by molar-refractivity contribution is -0.155. The van der Waals surface area contributed by atoms with Crippen molar-refractivity contribution in [2.24, 2.45) is 0 Å². The van der Waals surface area contributed by atoms with Crippen LogP contribution in [0.5, 0.6) is 0 Å². The first-order valence-electron chi connectivity index (χ1n) is 4.97. The fourth-order valence-corrected chi connectivity index (χ4v) is 2.60. The maximum atomic E-state index is 13.5. The molecule has 0 spiro atoms. The summed E-state index contributed by atoms with van der Waals surface area (Å²) in [5.41, 5.74) is -2.28. The van der Waals surface area contributed by atoms with E-state index in [1.165, 1.54) is 6.07 Å². The van der Waals surface area contributed by atoms with Gasteiger partial charge in [0.15, 0.2) is 5.60 Å². The molecule has 1 atom stereocenters. The first-order valence-corrected chi connectivity index (χ1v) is 7.24. The molecule has 0 aromatic heterocycles. The summed E-state index contributed by atoms with van der Waals surface area (Å²) >= 11 is 2.98. The second-order valence-corrected chi connectivity index (χ2v) is 6.63. The molecule has 1 rings (SSSR count). The van der Waals surface area contributed by atoms with Crippen LogP contribution in [0.25, 0.3) is 0 Å². The average molecular weight is 356 g/mol. The number of hydrogen-bond donors (Lipinski definition) is 3. The molecule has 0 saturated heterocycles. The number of carboxylic acids is 1. The zero-order chi connectivity index (χ0) is 14.8. The lowest BCUT2D eigenvalue weighted by Crippen LogP contribution is -2.46. The van der Waals surface area contributed by atoms with E-state index in [0.717, 1.165) is 19.1 Å². The molecule has 1 aromatic rings. The van der Waals surface area contributed by atoms with Crippen LogP contribution in [-0.2, 0) is 14.8 Å². The van der Waals surface area contributed by atoms with Crippen LogP contribution in [0.2, 0.25) is 0 Å². The highest BCUT2D eigenvalue weighted by molar-refractivity contribution is 9.10. The molecular formula is C10H11BrFNO5S. The van der Waals surface area contributed by atoms with E-state index < -0.39 is 38.9 Å². The predicted octanol–water partition coefficient (Wildman–Crippen LogP) is 0.702. The third-order valence-corrected chi connectivity index (χ3v) is 4.18. The fourth-order valence-electron chi connectivity index (χ4n) is 1.08. The van der Waals surface area contributed by atoms with Crippen LogP contribution in [0, 0.1) is 5.82 Å². The van der Waals surface area contributed by atoms with E-state index in [-0.39, 0.29) is 0 Å². The molecule has 0 heterocycles. The summed E-state index contributed by atoms with van der Waals surface area (Å²) in [6, 6.07) is 3.31. The summed E-state index contributed by atoms with van der Waals surface area (Å²) < 4.78 is 39.2. The number of rotatable bonds is 5. The Morgan fingerprint density at radius 3 is 2.58 bits per heavy atom. The second kappa shape index (κ2) is 5.53. The van der Waals surface area contributed by atoms with Gasteiger partial charge >= 0.3 is 5.97 Å². The zero-order valence-corrected chi connectivity index (χ0v) is 12.1. The highest BCUT2D eigenvalue weighted by Gasteiger charge is 2.32. The molecule has 1 unspecified atom stereocenters. The molecule has 1 aromatic carbocycles. The summed E-state index contributed by atoms with van der Waals surface area (Å²) in [6.07, 6.45) is 0. The van der Waals surface area contributed by atoms with Crippen LogP contribution in [0.1, 0.15) is 6.92 Å². The van der Waals surface area contributed by atoms with E-state index in [0.29, 0.717) is 4.47 Å². The summed E-state index contributed by atoms with van der Waals surface area (Å²) in [7, 11) is -4.24. The molecule has 6 nitrogen and oxygen atoms in total. The standard InChI is InChI=1S/C10H11BrFNO5S/c1-10(16,9(14)15)5-13-19(17,18)8-3-2-6(11)4-7(8)12/h2-4,13,16H,5H2,1H3,(H,14,15). The van der Waals surface area contributed by atoms with E-state index in [4.69, 9.17) is 5.11 Å². The summed E-state index contributed by atoms with van der Waals surface area (Å²) in [5.74, 6) is -2.58. The van der Waals surface area contributed by atoms with Crippen molar-refractivity contribution >= 4 is 31.9 Å². The monoisotopic (exact) mass is 355 g/mol. The van der Waals surface area contributed by atoms with Gasteiger partial charge in [0.1, 0.15) is 10.7 Å². The van der Waals surface area contributed by atoms with Crippen LogP contribution in [0.15, 0.2) is 27.6 Å². The minimum absolute atomic E-state index is 0.362. The minimum Gasteiger partial charge on any atom is -0.479 e. The van der Waals surface area contributed by atoms with Crippen molar-refractivity contribution in [3.8, 4) is 0 Å². The molecule has 9 heteroatoms. The second-order valence-electron chi connectivity index (χ2n) is 3.98. The first kappa shape index (κ1) is 16.0. The summed E-state index contributed by atoms with van der Waals surface area (Å²) in [5, 5.41) is 18.0. The van der Waals surface area contributed by atoms with Crippen LogP contribution in [0.3, 0.4) is 0 Å². The van der Waals surface area contributed by atoms with Gasteiger partial charge in [-0.1, -0.05) is 15.9 Å². The number of aliphatic carboxylic acids is 1. The summed E-state index contributed by atoms with van der Waals surface area (Å²) in [4.78, 5) is 9.99. The first-order chi connectivity index (χ1) is 8.56. The van der Waals surface area contributed by atoms with Crippen molar-refractivity contribution in [2.75, 3.05) is 6.54 Å². The largest absolute Gasteiger partial charge is 0.479 e. The molecular weight excluding hydrogens is 345 g/mol. The SMILES string of the molecule is CC(O)(CNS(=O)(=O)c1ccc(Br)cc1F)C(=O)O. The van der Waals surface area contributed by atoms with Crippen LogP contribution >= 0.6 is 15.9 Å². The molecule has 0 amide bonds. The number of nitrogens with one attached hydrogen (secondary N) is 1. The average Bonchev–Trinajstić information content (AvgIpc) is 2.26. The van der Waals surface area contributed by atoms with Crippen molar-refractivity contribution < 1.29 is 27.8 Å². The van der Waals surface area contributed by atoms with E-state index in [9.17, 15) is 22.7 Å². The lowest BCUT2D eigenvalue weighted by atomic mass is 10.1. The number of hydrogen-bond acceptors (Lipinski definition) is 4. The third-order valence-electron chi connectivity index (χ3n) is 2.25. The van der Waals surface area contributed by atoms with Crippen LogP contribution in [0.4, 0.5) is 4.39 Å². The van der Waals surface area contributed by atoms with Gasteiger partial charge in [0.2, 0.25) is 10.0 Å². The number of sulfonamides is 1. The number of carboxylic acid groups (broad SMARTS) is 1. The van der Waals surface area contributed by atoms with Gasteiger partial charge in [-0.05, 0) is 25.1 Å². The lowest BCUT2D eigenvalue weighted by Gasteiger charge is -2.18.